The summed E-state index contributed by atoms with van der Waals surface area (Å²) in [5, 5.41) is 0.729. The molecule has 26 heavy (non-hydrogen) atoms. The third-order valence-electron chi connectivity index (χ3n) is 4.31. The highest BCUT2D eigenvalue weighted by molar-refractivity contribution is 6.30. The smallest absolute Gasteiger partial charge is 0.254 e. The predicted molar refractivity (Wildman–Crippen MR) is 106 cm³/mol. The Morgan fingerprint density at radius 3 is 2.54 bits per heavy atom. The molecule has 0 N–H and O–H groups in total. The molecule has 0 aliphatic carbocycles. The fourth-order valence-corrected chi connectivity index (χ4v) is 3.13. The van der Waals surface area contributed by atoms with Gasteiger partial charge in [0.1, 0.15) is 12.4 Å². The molecule has 2 aromatic rings. The summed E-state index contributed by atoms with van der Waals surface area (Å²) in [4.78, 5) is 16.9. The molecule has 1 heterocycles. The summed E-state index contributed by atoms with van der Waals surface area (Å²) in [5.74, 6) is 0.730. The van der Waals surface area contributed by atoms with E-state index in [9.17, 15) is 4.79 Å². The Morgan fingerprint density at radius 1 is 1.12 bits per heavy atom. The van der Waals surface area contributed by atoms with E-state index in [4.69, 9.17) is 16.3 Å². The van der Waals surface area contributed by atoms with Crippen molar-refractivity contribution in [3.05, 3.63) is 71.3 Å². The minimum atomic E-state index is 0.0384. The first kappa shape index (κ1) is 18.3. The second kappa shape index (κ2) is 8.28. The number of halogens is 1. The zero-order chi connectivity index (χ0) is 18.5. The van der Waals surface area contributed by atoms with Crippen LogP contribution in [0.15, 0.2) is 60.7 Å². The van der Waals surface area contributed by atoms with Crippen molar-refractivity contribution in [2.24, 2.45) is 0 Å². The Labute approximate surface area is 159 Å². The molecule has 0 aromatic heterocycles. The van der Waals surface area contributed by atoms with Crippen molar-refractivity contribution in [3.8, 4) is 5.75 Å². The van der Waals surface area contributed by atoms with Gasteiger partial charge >= 0.3 is 0 Å². The fourth-order valence-electron chi connectivity index (χ4n) is 2.95. The third kappa shape index (κ3) is 4.58. The lowest BCUT2D eigenvalue weighted by Crippen LogP contribution is -2.48. The molecule has 0 saturated carbocycles. The topological polar surface area (TPSA) is 32.8 Å². The van der Waals surface area contributed by atoms with Crippen LogP contribution in [0.2, 0.25) is 5.02 Å². The quantitative estimate of drug-likeness (QED) is 0.737. The van der Waals surface area contributed by atoms with Gasteiger partial charge in [0.05, 0.1) is 0 Å². The SMILES string of the molecule is C=C(C)COc1cccc(C(=O)N2CCN(c3cccc(Cl)c3)CC2)c1. The van der Waals surface area contributed by atoms with Crippen LogP contribution in [-0.2, 0) is 0 Å². The summed E-state index contributed by atoms with van der Waals surface area (Å²) in [6.45, 7) is 9.14. The lowest BCUT2D eigenvalue weighted by molar-refractivity contribution is 0.0746. The van der Waals surface area contributed by atoms with Crippen LogP contribution >= 0.6 is 11.6 Å². The monoisotopic (exact) mass is 370 g/mol. The van der Waals surface area contributed by atoms with Gasteiger partial charge in [-0.05, 0) is 48.9 Å². The number of anilines is 1. The van der Waals surface area contributed by atoms with Crippen molar-refractivity contribution in [3.63, 3.8) is 0 Å². The second-order valence-electron chi connectivity index (χ2n) is 6.53. The highest BCUT2D eigenvalue weighted by Gasteiger charge is 2.22. The molecule has 0 spiro atoms. The number of ether oxygens (including phenoxy) is 1. The summed E-state index contributed by atoms with van der Waals surface area (Å²) >= 11 is 6.07. The number of amides is 1. The molecule has 0 radical (unpaired) electrons. The van der Waals surface area contributed by atoms with Crippen LogP contribution in [0.5, 0.6) is 5.75 Å². The lowest BCUT2D eigenvalue weighted by atomic mass is 10.1. The molecular formula is C21H23ClN2O2. The van der Waals surface area contributed by atoms with E-state index in [2.05, 4.69) is 11.5 Å². The molecule has 1 fully saturated rings. The molecule has 0 atom stereocenters. The molecule has 1 amide bonds. The Bertz CT molecular complexity index is 798. The van der Waals surface area contributed by atoms with Crippen LogP contribution in [-0.4, -0.2) is 43.6 Å². The Kier molecular flexibility index (Phi) is 5.84. The van der Waals surface area contributed by atoms with Crippen molar-refractivity contribution in [2.45, 2.75) is 6.92 Å². The number of hydrogen-bond acceptors (Lipinski definition) is 3. The summed E-state index contributed by atoms with van der Waals surface area (Å²) < 4.78 is 5.64. The number of nitrogens with zero attached hydrogens (tertiary/aromatic N) is 2. The number of rotatable bonds is 5. The first-order chi connectivity index (χ1) is 12.5. The zero-order valence-electron chi connectivity index (χ0n) is 15.0. The minimum Gasteiger partial charge on any atom is -0.489 e. The summed E-state index contributed by atoms with van der Waals surface area (Å²) in [6, 6.07) is 15.2. The van der Waals surface area contributed by atoms with Gasteiger partial charge in [-0.2, -0.15) is 0 Å². The zero-order valence-corrected chi connectivity index (χ0v) is 15.7. The Morgan fingerprint density at radius 2 is 1.85 bits per heavy atom. The molecule has 0 bridgehead atoms. The first-order valence-corrected chi connectivity index (χ1v) is 9.08. The van der Waals surface area contributed by atoms with E-state index in [0.29, 0.717) is 31.0 Å². The van der Waals surface area contributed by atoms with Crippen LogP contribution in [0.25, 0.3) is 0 Å². The van der Waals surface area contributed by atoms with E-state index in [1.807, 2.05) is 54.3 Å². The minimum absolute atomic E-state index is 0.0384. The standard InChI is InChI=1S/C21H23ClN2O2/c1-16(2)15-26-20-8-3-5-17(13-20)21(25)24-11-9-23(10-12-24)19-7-4-6-18(22)14-19/h3-8,13-14H,1,9-12,15H2,2H3. The molecule has 2 aromatic carbocycles. The second-order valence-corrected chi connectivity index (χ2v) is 6.97. The van der Waals surface area contributed by atoms with E-state index in [-0.39, 0.29) is 5.91 Å². The highest BCUT2D eigenvalue weighted by Crippen LogP contribution is 2.22. The maximum Gasteiger partial charge on any atom is 0.254 e. The van der Waals surface area contributed by atoms with Crippen molar-refractivity contribution >= 4 is 23.2 Å². The maximum atomic E-state index is 12.8. The number of hydrogen-bond donors (Lipinski definition) is 0. The van der Waals surface area contributed by atoms with Gasteiger partial charge < -0.3 is 14.5 Å². The van der Waals surface area contributed by atoms with Gasteiger partial charge in [0.15, 0.2) is 0 Å². The van der Waals surface area contributed by atoms with Gasteiger partial charge in [0.25, 0.3) is 5.91 Å². The molecule has 0 unspecified atom stereocenters. The van der Waals surface area contributed by atoms with Crippen LogP contribution in [0.4, 0.5) is 5.69 Å². The summed E-state index contributed by atoms with van der Waals surface area (Å²) in [5.41, 5.74) is 2.69. The van der Waals surface area contributed by atoms with Crippen molar-refractivity contribution in [1.82, 2.24) is 4.90 Å². The molecule has 136 valence electrons. The third-order valence-corrected chi connectivity index (χ3v) is 4.54. The average Bonchev–Trinajstić information content (AvgIpc) is 2.66. The number of carbonyl (C=O) groups excluding carboxylic acids is 1. The normalized spacial score (nSPS) is 14.2. The van der Waals surface area contributed by atoms with Gasteiger partial charge in [0, 0.05) is 42.5 Å². The van der Waals surface area contributed by atoms with Gasteiger partial charge in [-0.15, -0.1) is 0 Å². The van der Waals surface area contributed by atoms with Crippen LogP contribution < -0.4 is 9.64 Å². The first-order valence-electron chi connectivity index (χ1n) is 8.70. The predicted octanol–water partition coefficient (Wildman–Crippen LogP) is 4.26. The maximum absolute atomic E-state index is 12.8. The van der Waals surface area contributed by atoms with Crippen LogP contribution in [0.1, 0.15) is 17.3 Å². The van der Waals surface area contributed by atoms with E-state index in [1.165, 1.54) is 0 Å². The Hall–Kier alpha value is -2.46. The average molecular weight is 371 g/mol. The lowest BCUT2D eigenvalue weighted by Gasteiger charge is -2.36. The number of carbonyl (C=O) groups is 1. The van der Waals surface area contributed by atoms with Gasteiger partial charge in [0.2, 0.25) is 0 Å². The fraction of sp³-hybridized carbons (Fsp3) is 0.286. The molecule has 1 aliphatic rings. The van der Waals surface area contributed by atoms with E-state index >= 15 is 0 Å². The van der Waals surface area contributed by atoms with E-state index < -0.39 is 0 Å². The largest absolute Gasteiger partial charge is 0.489 e. The molecule has 4 nitrogen and oxygen atoms in total. The number of benzene rings is 2. The van der Waals surface area contributed by atoms with E-state index in [0.717, 1.165) is 29.4 Å². The van der Waals surface area contributed by atoms with Crippen LogP contribution in [0, 0.1) is 0 Å². The molecule has 1 saturated heterocycles. The Balaban J connectivity index is 1.61. The van der Waals surface area contributed by atoms with Crippen molar-refractivity contribution < 1.29 is 9.53 Å². The summed E-state index contributed by atoms with van der Waals surface area (Å²) in [7, 11) is 0. The molecule has 5 heteroatoms. The van der Waals surface area contributed by atoms with Crippen molar-refractivity contribution in [1.29, 1.82) is 0 Å². The molecule has 3 rings (SSSR count). The molecular weight excluding hydrogens is 348 g/mol. The van der Waals surface area contributed by atoms with Gasteiger partial charge in [-0.1, -0.05) is 30.3 Å². The van der Waals surface area contributed by atoms with Gasteiger partial charge in [-0.3, -0.25) is 4.79 Å². The number of piperazine rings is 1. The highest BCUT2D eigenvalue weighted by atomic mass is 35.5. The van der Waals surface area contributed by atoms with E-state index in [1.54, 1.807) is 6.07 Å². The van der Waals surface area contributed by atoms with Gasteiger partial charge in [-0.25, -0.2) is 0 Å². The van der Waals surface area contributed by atoms with Crippen LogP contribution in [0.3, 0.4) is 0 Å². The summed E-state index contributed by atoms with van der Waals surface area (Å²) in [6.07, 6.45) is 0. The molecule has 1 aliphatic heterocycles. The van der Waals surface area contributed by atoms with Crippen molar-refractivity contribution in [2.75, 3.05) is 37.7 Å².